The number of benzene rings is 1. The molecule has 0 aliphatic carbocycles. The highest BCUT2D eigenvalue weighted by molar-refractivity contribution is 5.85. The van der Waals surface area contributed by atoms with Crippen LogP contribution in [0.2, 0.25) is 0 Å². The first-order valence-corrected chi connectivity index (χ1v) is 6.24. The number of nitro benzene ring substituents is 1. The van der Waals surface area contributed by atoms with Gasteiger partial charge in [0.2, 0.25) is 5.82 Å². The maximum Gasteiger partial charge on any atom is 0.305 e. The Morgan fingerprint density at radius 1 is 1.37 bits per heavy atom. The number of rotatable bonds is 2. The van der Waals surface area contributed by atoms with E-state index in [1.807, 2.05) is 32.3 Å². The smallest absolute Gasteiger partial charge is 0.305 e. The molecule has 0 spiro atoms. The Morgan fingerprint density at radius 2 is 2.00 bits per heavy atom. The van der Waals surface area contributed by atoms with Gasteiger partial charge >= 0.3 is 5.69 Å². The van der Waals surface area contributed by atoms with Gasteiger partial charge in [-0.25, -0.2) is 0 Å². The normalized spacial score (nSPS) is 12.1. The van der Waals surface area contributed by atoms with E-state index in [1.165, 1.54) is 6.07 Å². The standard InChI is InChI=1S/C14H17FN2O2/c1-5-16-10-6-7-11(17(18)19)13(15)9(10)8-12(16)14(2,3)4/h6-8H,5H2,1-4H3. The van der Waals surface area contributed by atoms with E-state index in [1.54, 1.807) is 12.1 Å². The van der Waals surface area contributed by atoms with Gasteiger partial charge in [0, 0.05) is 29.1 Å². The van der Waals surface area contributed by atoms with Crippen LogP contribution in [-0.2, 0) is 12.0 Å². The SMILES string of the molecule is CCn1c(C(C)(C)C)cc2c(F)c([N+](=O)[O-])ccc21. The van der Waals surface area contributed by atoms with Crippen LogP contribution < -0.4 is 0 Å². The van der Waals surface area contributed by atoms with Gasteiger partial charge in [0.25, 0.3) is 0 Å². The monoisotopic (exact) mass is 264 g/mol. The van der Waals surface area contributed by atoms with E-state index in [4.69, 9.17) is 0 Å². The maximum absolute atomic E-state index is 14.2. The number of hydrogen-bond acceptors (Lipinski definition) is 2. The molecule has 0 amide bonds. The van der Waals surface area contributed by atoms with Crippen LogP contribution in [0.4, 0.5) is 10.1 Å². The van der Waals surface area contributed by atoms with Crippen LogP contribution in [0.1, 0.15) is 33.4 Å². The molecule has 0 aliphatic heterocycles. The first-order valence-electron chi connectivity index (χ1n) is 6.24. The Bertz CT molecular complexity index is 653. The summed E-state index contributed by atoms with van der Waals surface area (Å²) in [6, 6.07) is 4.58. The van der Waals surface area contributed by atoms with E-state index in [0.29, 0.717) is 17.4 Å². The minimum Gasteiger partial charge on any atom is -0.344 e. The summed E-state index contributed by atoms with van der Waals surface area (Å²) in [5, 5.41) is 11.1. The summed E-state index contributed by atoms with van der Waals surface area (Å²) in [4.78, 5) is 10.1. The van der Waals surface area contributed by atoms with Crippen molar-refractivity contribution >= 4 is 16.6 Å². The van der Waals surface area contributed by atoms with E-state index < -0.39 is 16.4 Å². The van der Waals surface area contributed by atoms with Crippen molar-refractivity contribution in [3.05, 3.63) is 39.8 Å². The number of hydrogen-bond donors (Lipinski definition) is 0. The zero-order chi connectivity index (χ0) is 14.4. The summed E-state index contributed by atoms with van der Waals surface area (Å²) in [7, 11) is 0. The lowest BCUT2D eigenvalue weighted by atomic mass is 9.92. The van der Waals surface area contributed by atoms with Gasteiger partial charge in [-0.05, 0) is 19.1 Å². The van der Waals surface area contributed by atoms with E-state index in [-0.39, 0.29) is 5.41 Å². The number of aryl methyl sites for hydroxylation is 1. The third-order valence-electron chi connectivity index (χ3n) is 3.28. The molecule has 0 saturated carbocycles. The maximum atomic E-state index is 14.2. The first kappa shape index (κ1) is 13.5. The summed E-state index contributed by atoms with van der Waals surface area (Å²) in [5.74, 6) is -0.750. The van der Waals surface area contributed by atoms with E-state index in [0.717, 1.165) is 5.69 Å². The van der Waals surface area contributed by atoms with Crippen LogP contribution >= 0.6 is 0 Å². The molecule has 1 aromatic carbocycles. The molecule has 1 aromatic heterocycles. The lowest BCUT2D eigenvalue weighted by Gasteiger charge is -2.21. The highest BCUT2D eigenvalue weighted by atomic mass is 19.1. The largest absolute Gasteiger partial charge is 0.344 e. The van der Waals surface area contributed by atoms with Crippen molar-refractivity contribution in [2.45, 2.75) is 39.7 Å². The second-order valence-electron chi connectivity index (χ2n) is 5.61. The third-order valence-corrected chi connectivity index (χ3v) is 3.28. The van der Waals surface area contributed by atoms with E-state index in [9.17, 15) is 14.5 Å². The Kier molecular flexibility index (Phi) is 3.08. The van der Waals surface area contributed by atoms with Crippen LogP contribution in [0.5, 0.6) is 0 Å². The molecule has 2 aromatic rings. The van der Waals surface area contributed by atoms with Crippen molar-refractivity contribution in [2.75, 3.05) is 0 Å². The second kappa shape index (κ2) is 4.33. The number of halogens is 1. The molecular weight excluding hydrogens is 247 g/mol. The van der Waals surface area contributed by atoms with Crippen LogP contribution in [0.25, 0.3) is 10.9 Å². The van der Waals surface area contributed by atoms with Crippen LogP contribution in [0, 0.1) is 15.9 Å². The molecule has 0 unspecified atom stereocenters. The Morgan fingerprint density at radius 3 is 2.47 bits per heavy atom. The number of nitro groups is 1. The molecule has 0 fully saturated rings. The first-order chi connectivity index (χ1) is 8.77. The van der Waals surface area contributed by atoms with Gasteiger partial charge in [-0.1, -0.05) is 20.8 Å². The van der Waals surface area contributed by atoms with Crippen molar-refractivity contribution < 1.29 is 9.31 Å². The highest BCUT2D eigenvalue weighted by Crippen LogP contribution is 2.33. The second-order valence-corrected chi connectivity index (χ2v) is 5.61. The molecule has 19 heavy (non-hydrogen) atoms. The Labute approximate surface area is 111 Å². The van der Waals surface area contributed by atoms with Gasteiger partial charge in [0.1, 0.15) is 0 Å². The molecule has 0 aliphatic rings. The quantitative estimate of drug-likeness (QED) is 0.608. The zero-order valence-corrected chi connectivity index (χ0v) is 11.5. The van der Waals surface area contributed by atoms with Gasteiger partial charge in [0.15, 0.2) is 0 Å². The lowest BCUT2D eigenvalue weighted by Crippen LogP contribution is -2.16. The van der Waals surface area contributed by atoms with E-state index >= 15 is 0 Å². The predicted molar refractivity (Wildman–Crippen MR) is 72.9 cm³/mol. The molecule has 4 nitrogen and oxygen atoms in total. The number of aromatic nitrogens is 1. The summed E-state index contributed by atoms with van der Waals surface area (Å²) in [6.45, 7) is 8.81. The van der Waals surface area contributed by atoms with Crippen molar-refractivity contribution in [1.82, 2.24) is 4.57 Å². The van der Waals surface area contributed by atoms with Crippen molar-refractivity contribution in [2.24, 2.45) is 0 Å². The topological polar surface area (TPSA) is 48.1 Å². The Hall–Kier alpha value is -1.91. The van der Waals surface area contributed by atoms with Crippen LogP contribution in [0.15, 0.2) is 18.2 Å². The number of nitrogens with zero attached hydrogens (tertiary/aromatic N) is 2. The summed E-state index contributed by atoms with van der Waals surface area (Å²) in [6.07, 6.45) is 0. The zero-order valence-electron chi connectivity index (χ0n) is 11.5. The fourth-order valence-corrected chi connectivity index (χ4v) is 2.39. The molecule has 0 N–H and O–H groups in total. The van der Waals surface area contributed by atoms with Gasteiger partial charge < -0.3 is 4.57 Å². The minimum atomic E-state index is -0.750. The molecule has 1 heterocycles. The van der Waals surface area contributed by atoms with Crippen LogP contribution in [0.3, 0.4) is 0 Å². The van der Waals surface area contributed by atoms with Gasteiger partial charge in [-0.3, -0.25) is 10.1 Å². The van der Waals surface area contributed by atoms with Crippen molar-refractivity contribution in [1.29, 1.82) is 0 Å². The third kappa shape index (κ3) is 2.09. The number of fused-ring (bicyclic) bond motifs is 1. The molecule has 2 rings (SSSR count). The predicted octanol–water partition coefficient (Wildman–Crippen LogP) is 4.01. The fraction of sp³-hybridized carbons (Fsp3) is 0.429. The fourth-order valence-electron chi connectivity index (χ4n) is 2.39. The van der Waals surface area contributed by atoms with Crippen molar-refractivity contribution in [3.63, 3.8) is 0 Å². The van der Waals surface area contributed by atoms with Gasteiger partial charge in [-0.15, -0.1) is 0 Å². The van der Waals surface area contributed by atoms with Gasteiger partial charge in [0.05, 0.1) is 10.4 Å². The molecule has 102 valence electrons. The lowest BCUT2D eigenvalue weighted by molar-refractivity contribution is -0.387. The minimum absolute atomic E-state index is 0.143. The molecular formula is C14H17FN2O2. The average molecular weight is 264 g/mol. The summed E-state index contributed by atoms with van der Waals surface area (Å²) in [5.41, 5.74) is 1.07. The molecule has 5 heteroatoms. The molecule has 0 saturated heterocycles. The summed E-state index contributed by atoms with van der Waals surface area (Å²) < 4.78 is 16.2. The summed E-state index contributed by atoms with van der Waals surface area (Å²) >= 11 is 0. The van der Waals surface area contributed by atoms with Crippen LogP contribution in [-0.4, -0.2) is 9.49 Å². The Balaban J connectivity index is 2.83. The molecule has 0 atom stereocenters. The van der Waals surface area contributed by atoms with E-state index in [2.05, 4.69) is 0 Å². The molecule has 0 bridgehead atoms. The average Bonchev–Trinajstić information content (AvgIpc) is 2.68. The van der Waals surface area contributed by atoms with Gasteiger partial charge in [-0.2, -0.15) is 4.39 Å². The van der Waals surface area contributed by atoms with Crippen molar-refractivity contribution in [3.8, 4) is 0 Å². The molecule has 0 radical (unpaired) electrons. The highest BCUT2D eigenvalue weighted by Gasteiger charge is 2.25.